The van der Waals surface area contributed by atoms with Crippen LogP contribution < -0.4 is 0 Å². The predicted molar refractivity (Wildman–Crippen MR) is 55.8 cm³/mol. The number of halogens is 1. The van der Waals surface area contributed by atoms with E-state index in [4.69, 9.17) is 5.26 Å². The van der Waals surface area contributed by atoms with E-state index in [1.807, 2.05) is 12.1 Å². The number of nitrogens with zero attached hydrogens (tertiary/aromatic N) is 2. The van der Waals surface area contributed by atoms with Crippen molar-refractivity contribution < 1.29 is 5.11 Å². The number of benzene rings is 1. The zero-order valence-corrected chi connectivity index (χ0v) is 8.62. The number of aromatic hydroxyl groups is 1. The molecular weight excluding hydrogens is 244 g/mol. The van der Waals surface area contributed by atoms with Crippen molar-refractivity contribution in [1.82, 2.24) is 4.98 Å². The number of aromatic nitrogens is 1. The largest absolute Gasteiger partial charge is 0.506 e. The van der Waals surface area contributed by atoms with Gasteiger partial charge in [0.05, 0.1) is 5.52 Å². The van der Waals surface area contributed by atoms with E-state index in [0.717, 1.165) is 4.47 Å². The molecular formula is C10H5BrN2O. The molecule has 2 rings (SSSR count). The van der Waals surface area contributed by atoms with E-state index in [1.54, 1.807) is 12.1 Å². The molecule has 0 saturated heterocycles. The number of fused-ring (bicyclic) bond motifs is 1. The van der Waals surface area contributed by atoms with Gasteiger partial charge in [0.25, 0.3) is 0 Å². The van der Waals surface area contributed by atoms with Gasteiger partial charge in [-0.3, -0.25) is 4.98 Å². The minimum absolute atomic E-state index is 0.0150. The summed E-state index contributed by atoms with van der Waals surface area (Å²) in [4.78, 5) is 4.08. The second-order valence-electron chi connectivity index (χ2n) is 2.77. The molecule has 68 valence electrons. The third-order valence-corrected chi connectivity index (χ3v) is 2.58. The highest BCUT2D eigenvalue weighted by atomic mass is 79.9. The first-order chi connectivity index (χ1) is 6.74. The second kappa shape index (κ2) is 3.28. The summed E-state index contributed by atoms with van der Waals surface area (Å²) < 4.78 is 0.801. The van der Waals surface area contributed by atoms with Gasteiger partial charge in [-0.25, -0.2) is 0 Å². The van der Waals surface area contributed by atoms with Gasteiger partial charge in [0.15, 0.2) is 0 Å². The third-order valence-electron chi connectivity index (χ3n) is 1.94. The van der Waals surface area contributed by atoms with E-state index in [0.29, 0.717) is 10.9 Å². The zero-order chi connectivity index (χ0) is 10.1. The van der Waals surface area contributed by atoms with Crippen molar-refractivity contribution in [2.45, 2.75) is 0 Å². The van der Waals surface area contributed by atoms with Crippen LogP contribution in [-0.2, 0) is 0 Å². The Morgan fingerprint density at radius 3 is 2.93 bits per heavy atom. The predicted octanol–water partition coefficient (Wildman–Crippen LogP) is 2.57. The lowest BCUT2D eigenvalue weighted by Crippen LogP contribution is -1.84. The van der Waals surface area contributed by atoms with Crippen LogP contribution in [0.2, 0.25) is 0 Å². The lowest BCUT2D eigenvalue weighted by molar-refractivity contribution is 0.479. The van der Waals surface area contributed by atoms with E-state index in [2.05, 4.69) is 20.9 Å². The first-order valence-electron chi connectivity index (χ1n) is 3.90. The summed E-state index contributed by atoms with van der Waals surface area (Å²) in [5.41, 5.74) is 0.847. The standard InChI is InChI=1S/C10H5BrN2O/c11-8-3-1-2-7-9(8)13-5-6(4-12)10(7)14/h1-3,5H,(H,13,14). The molecule has 1 heterocycles. The highest BCUT2D eigenvalue weighted by Gasteiger charge is 2.08. The Balaban J connectivity index is 2.92. The highest BCUT2D eigenvalue weighted by Crippen LogP contribution is 2.30. The molecule has 0 aliphatic rings. The molecule has 0 unspecified atom stereocenters. The second-order valence-corrected chi connectivity index (χ2v) is 3.62. The molecule has 0 atom stereocenters. The number of pyridine rings is 1. The van der Waals surface area contributed by atoms with Crippen molar-refractivity contribution in [3.63, 3.8) is 0 Å². The SMILES string of the molecule is N#Cc1cnc2c(Br)cccc2c1O. The van der Waals surface area contributed by atoms with Crippen molar-refractivity contribution in [2.75, 3.05) is 0 Å². The highest BCUT2D eigenvalue weighted by molar-refractivity contribution is 9.10. The van der Waals surface area contributed by atoms with E-state index in [-0.39, 0.29) is 11.3 Å². The maximum atomic E-state index is 9.69. The van der Waals surface area contributed by atoms with Gasteiger partial charge in [-0.2, -0.15) is 5.26 Å². The Kier molecular flexibility index (Phi) is 2.10. The monoisotopic (exact) mass is 248 g/mol. The van der Waals surface area contributed by atoms with Gasteiger partial charge < -0.3 is 5.11 Å². The van der Waals surface area contributed by atoms with Crippen LogP contribution in [0.5, 0.6) is 5.75 Å². The molecule has 0 bridgehead atoms. The van der Waals surface area contributed by atoms with Crippen LogP contribution in [-0.4, -0.2) is 10.1 Å². The molecule has 1 N–H and O–H groups in total. The van der Waals surface area contributed by atoms with Crippen molar-refractivity contribution in [3.05, 3.63) is 34.4 Å². The fourth-order valence-corrected chi connectivity index (χ4v) is 1.72. The van der Waals surface area contributed by atoms with Crippen LogP contribution in [0, 0.1) is 11.3 Å². The Morgan fingerprint density at radius 2 is 2.21 bits per heavy atom. The molecule has 0 radical (unpaired) electrons. The number of rotatable bonds is 0. The van der Waals surface area contributed by atoms with Crippen molar-refractivity contribution >= 4 is 26.8 Å². The van der Waals surface area contributed by atoms with Gasteiger partial charge in [-0.1, -0.05) is 6.07 Å². The Bertz CT molecular complexity index is 546. The first-order valence-corrected chi connectivity index (χ1v) is 4.69. The smallest absolute Gasteiger partial charge is 0.144 e. The molecule has 0 spiro atoms. The first kappa shape index (κ1) is 8.97. The fourth-order valence-electron chi connectivity index (χ4n) is 1.25. The quantitative estimate of drug-likeness (QED) is 0.780. The average molecular weight is 249 g/mol. The van der Waals surface area contributed by atoms with Crippen LogP contribution in [0.25, 0.3) is 10.9 Å². The van der Waals surface area contributed by atoms with Crippen LogP contribution in [0.15, 0.2) is 28.9 Å². The van der Waals surface area contributed by atoms with Crippen LogP contribution in [0.4, 0.5) is 0 Å². The molecule has 4 heteroatoms. The molecule has 0 aliphatic carbocycles. The van der Waals surface area contributed by atoms with Gasteiger partial charge in [-0.05, 0) is 28.1 Å². The van der Waals surface area contributed by atoms with Crippen LogP contribution >= 0.6 is 15.9 Å². The molecule has 0 saturated carbocycles. The normalized spacial score (nSPS) is 10.0. The maximum Gasteiger partial charge on any atom is 0.144 e. The number of hydrogen-bond acceptors (Lipinski definition) is 3. The topological polar surface area (TPSA) is 56.9 Å². The zero-order valence-electron chi connectivity index (χ0n) is 7.03. The minimum Gasteiger partial charge on any atom is -0.506 e. The number of hydrogen-bond donors (Lipinski definition) is 1. The summed E-state index contributed by atoms with van der Waals surface area (Å²) in [5, 5.41) is 19.0. The lowest BCUT2D eigenvalue weighted by Gasteiger charge is -2.02. The average Bonchev–Trinajstić information content (AvgIpc) is 2.20. The molecule has 0 fully saturated rings. The Labute approximate surface area is 88.8 Å². The van der Waals surface area contributed by atoms with Crippen molar-refractivity contribution in [1.29, 1.82) is 5.26 Å². The third kappa shape index (κ3) is 1.22. The summed E-state index contributed by atoms with van der Waals surface area (Å²) in [6.07, 6.45) is 1.36. The van der Waals surface area contributed by atoms with E-state index >= 15 is 0 Å². The Hall–Kier alpha value is -1.60. The molecule has 0 aliphatic heterocycles. The van der Waals surface area contributed by atoms with Crippen LogP contribution in [0.1, 0.15) is 5.56 Å². The lowest BCUT2D eigenvalue weighted by atomic mass is 10.1. The summed E-state index contributed by atoms with van der Waals surface area (Å²) in [6, 6.07) is 7.23. The maximum absolute atomic E-state index is 9.69. The molecule has 2 aromatic rings. The Morgan fingerprint density at radius 1 is 1.43 bits per heavy atom. The van der Waals surface area contributed by atoms with Crippen molar-refractivity contribution in [3.8, 4) is 11.8 Å². The summed E-state index contributed by atoms with van der Waals surface area (Å²) in [5.74, 6) is -0.0150. The number of para-hydroxylation sites is 1. The van der Waals surface area contributed by atoms with Crippen LogP contribution in [0.3, 0.4) is 0 Å². The molecule has 1 aromatic carbocycles. The van der Waals surface area contributed by atoms with Gasteiger partial charge >= 0.3 is 0 Å². The number of nitriles is 1. The summed E-state index contributed by atoms with van der Waals surface area (Å²) >= 11 is 3.32. The van der Waals surface area contributed by atoms with Gasteiger partial charge in [0.2, 0.25) is 0 Å². The van der Waals surface area contributed by atoms with Crippen molar-refractivity contribution in [2.24, 2.45) is 0 Å². The molecule has 0 amide bonds. The fraction of sp³-hybridized carbons (Fsp3) is 0. The summed E-state index contributed by atoms with van der Waals surface area (Å²) in [6.45, 7) is 0. The van der Waals surface area contributed by atoms with Gasteiger partial charge in [0.1, 0.15) is 17.4 Å². The minimum atomic E-state index is -0.0150. The van der Waals surface area contributed by atoms with E-state index in [1.165, 1.54) is 6.20 Å². The van der Waals surface area contributed by atoms with E-state index in [9.17, 15) is 5.11 Å². The molecule has 1 aromatic heterocycles. The molecule has 14 heavy (non-hydrogen) atoms. The molecule has 3 nitrogen and oxygen atoms in total. The van der Waals surface area contributed by atoms with E-state index < -0.39 is 0 Å². The van der Waals surface area contributed by atoms with Gasteiger partial charge in [-0.15, -0.1) is 0 Å². The summed E-state index contributed by atoms with van der Waals surface area (Å²) in [7, 11) is 0. The van der Waals surface area contributed by atoms with Gasteiger partial charge in [0, 0.05) is 16.1 Å².